The Labute approximate surface area is 175 Å². The maximum atomic E-state index is 12.6. The Bertz CT molecular complexity index is 1290. The van der Waals surface area contributed by atoms with E-state index in [0.717, 1.165) is 16.8 Å². The predicted molar refractivity (Wildman–Crippen MR) is 124 cm³/mol. The molecule has 0 radical (unpaired) electrons. The van der Waals surface area contributed by atoms with Gasteiger partial charge in [0, 0.05) is 12.6 Å². The molecule has 1 N–H and O–H groups in total. The molecule has 4 rings (SSSR count). The molecule has 1 heterocycles. The van der Waals surface area contributed by atoms with Gasteiger partial charge in [0.15, 0.2) is 0 Å². The molecule has 0 fully saturated rings. The summed E-state index contributed by atoms with van der Waals surface area (Å²) in [4.78, 5) is 17.2. The van der Waals surface area contributed by atoms with Crippen molar-refractivity contribution in [1.82, 2.24) is 9.55 Å². The first-order valence-corrected chi connectivity index (χ1v) is 9.71. The predicted octanol–water partition coefficient (Wildman–Crippen LogP) is 4.77. The Morgan fingerprint density at radius 3 is 2.43 bits per heavy atom. The smallest absolute Gasteiger partial charge is 0.262 e. The van der Waals surface area contributed by atoms with Crippen LogP contribution in [-0.2, 0) is 7.05 Å². The topological polar surface area (TPSA) is 59.3 Å². The van der Waals surface area contributed by atoms with Gasteiger partial charge in [-0.15, -0.1) is 0 Å². The van der Waals surface area contributed by atoms with Gasteiger partial charge in [-0.3, -0.25) is 9.36 Å². The van der Waals surface area contributed by atoms with E-state index in [2.05, 4.69) is 46.7 Å². The minimum atomic E-state index is -0.116. The van der Waals surface area contributed by atoms with Crippen molar-refractivity contribution in [1.29, 1.82) is 0 Å². The Kier molecular flexibility index (Phi) is 5.52. The van der Waals surface area contributed by atoms with Gasteiger partial charge >= 0.3 is 0 Å². The Morgan fingerprint density at radius 2 is 1.67 bits per heavy atom. The summed E-state index contributed by atoms with van der Waals surface area (Å²) < 4.78 is 1.47. The van der Waals surface area contributed by atoms with Gasteiger partial charge in [-0.1, -0.05) is 78.4 Å². The normalized spacial score (nSPS) is 11.9. The lowest BCUT2D eigenvalue weighted by atomic mass is 10.1. The third-order valence-corrected chi connectivity index (χ3v) is 4.84. The van der Waals surface area contributed by atoms with E-state index in [1.165, 1.54) is 10.1 Å². The molecule has 3 aromatic carbocycles. The van der Waals surface area contributed by atoms with Crippen molar-refractivity contribution in [2.75, 3.05) is 5.43 Å². The quantitative estimate of drug-likeness (QED) is 0.392. The minimum absolute atomic E-state index is 0.116. The first-order chi connectivity index (χ1) is 14.6. The molecule has 0 aliphatic heterocycles. The van der Waals surface area contributed by atoms with E-state index in [1.807, 2.05) is 60.7 Å². The van der Waals surface area contributed by atoms with Crippen molar-refractivity contribution in [2.45, 2.75) is 6.92 Å². The monoisotopic (exact) mass is 394 g/mol. The first-order valence-electron chi connectivity index (χ1n) is 9.71. The molecule has 0 aliphatic rings. The number of nitrogens with zero attached hydrogens (tertiary/aromatic N) is 3. The number of benzene rings is 3. The number of fused-ring (bicyclic) bond motifs is 1. The maximum absolute atomic E-state index is 12.6. The summed E-state index contributed by atoms with van der Waals surface area (Å²) in [7, 11) is 1.68. The summed E-state index contributed by atoms with van der Waals surface area (Å²) in [5.74, 6) is 0.385. The second kappa shape index (κ2) is 8.57. The minimum Gasteiger partial charge on any atom is -0.280 e. The van der Waals surface area contributed by atoms with Crippen LogP contribution in [-0.4, -0.2) is 15.3 Å². The molecule has 0 spiro atoms. The van der Waals surface area contributed by atoms with E-state index in [-0.39, 0.29) is 5.56 Å². The lowest BCUT2D eigenvalue weighted by Crippen LogP contribution is -2.21. The molecule has 0 amide bonds. The summed E-state index contributed by atoms with van der Waals surface area (Å²) >= 11 is 0. The van der Waals surface area contributed by atoms with Crippen LogP contribution in [0.4, 0.5) is 5.95 Å². The Hall–Kier alpha value is -3.99. The zero-order valence-electron chi connectivity index (χ0n) is 16.9. The highest BCUT2D eigenvalue weighted by atomic mass is 16.1. The number of para-hydroxylation sites is 1. The van der Waals surface area contributed by atoms with Crippen LogP contribution < -0.4 is 11.0 Å². The standard InChI is InChI=1S/C25H22N4O/c1-18-12-14-19(15-13-18)16-17-22(20-8-4-3-5-9-20)27-28-25-26-23-11-7-6-10-21(23)24(30)29(25)2/h3-17H,1-2H3,(H,26,28)/b17-16+,27-22-. The van der Waals surface area contributed by atoms with Crippen LogP contribution in [0.25, 0.3) is 17.0 Å². The molecule has 0 saturated heterocycles. The molecule has 0 aliphatic carbocycles. The fraction of sp³-hybridized carbons (Fsp3) is 0.0800. The van der Waals surface area contributed by atoms with Crippen molar-refractivity contribution in [3.8, 4) is 0 Å². The zero-order valence-corrected chi connectivity index (χ0v) is 16.9. The first kappa shape index (κ1) is 19.3. The van der Waals surface area contributed by atoms with E-state index in [1.54, 1.807) is 13.1 Å². The molecular formula is C25H22N4O. The van der Waals surface area contributed by atoms with E-state index >= 15 is 0 Å². The molecule has 30 heavy (non-hydrogen) atoms. The van der Waals surface area contributed by atoms with Crippen LogP contribution in [0.1, 0.15) is 16.7 Å². The largest absolute Gasteiger partial charge is 0.280 e. The lowest BCUT2D eigenvalue weighted by Gasteiger charge is -2.09. The highest BCUT2D eigenvalue weighted by molar-refractivity contribution is 6.11. The number of anilines is 1. The Morgan fingerprint density at radius 1 is 0.967 bits per heavy atom. The van der Waals surface area contributed by atoms with E-state index in [0.29, 0.717) is 16.9 Å². The Balaban J connectivity index is 1.71. The van der Waals surface area contributed by atoms with Gasteiger partial charge in [0.25, 0.3) is 5.56 Å². The van der Waals surface area contributed by atoms with Crippen LogP contribution in [0.5, 0.6) is 0 Å². The average Bonchev–Trinajstić information content (AvgIpc) is 2.78. The van der Waals surface area contributed by atoms with E-state index < -0.39 is 0 Å². The number of aromatic nitrogens is 2. The molecular weight excluding hydrogens is 372 g/mol. The van der Waals surface area contributed by atoms with Crippen LogP contribution in [0.2, 0.25) is 0 Å². The summed E-state index contributed by atoms with van der Waals surface area (Å²) in [6.07, 6.45) is 3.96. The van der Waals surface area contributed by atoms with E-state index in [9.17, 15) is 4.79 Å². The fourth-order valence-electron chi connectivity index (χ4n) is 3.09. The molecule has 0 bridgehead atoms. The van der Waals surface area contributed by atoms with Crippen LogP contribution in [0, 0.1) is 6.92 Å². The number of nitrogens with one attached hydrogen (secondary N) is 1. The van der Waals surface area contributed by atoms with Crippen molar-refractivity contribution in [3.63, 3.8) is 0 Å². The molecule has 5 heteroatoms. The molecule has 0 saturated carbocycles. The SMILES string of the molecule is Cc1ccc(/C=C/C(=N/Nc2nc3ccccc3c(=O)n2C)c2ccccc2)cc1. The number of hydrogen-bond donors (Lipinski definition) is 1. The summed E-state index contributed by atoms with van der Waals surface area (Å²) in [5, 5.41) is 5.14. The van der Waals surface area contributed by atoms with Crippen molar-refractivity contribution in [2.24, 2.45) is 12.1 Å². The van der Waals surface area contributed by atoms with Gasteiger partial charge in [0.1, 0.15) is 0 Å². The van der Waals surface area contributed by atoms with Gasteiger partial charge < -0.3 is 0 Å². The van der Waals surface area contributed by atoms with Crippen LogP contribution in [0.3, 0.4) is 0 Å². The van der Waals surface area contributed by atoms with Gasteiger partial charge in [-0.25, -0.2) is 10.4 Å². The molecule has 148 valence electrons. The summed E-state index contributed by atoms with van der Waals surface area (Å²) in [6.45, 7) is 2.06. The number of hydrazone groups is 1. The lowest BCUT2D eigenvalue weighted by molar-refractivity contribution is 0.846. The average molecular weight is 394 g/mol. The third-order valence-electron chi connectivity index (χ3n) is 4.84. The van der Waals surface area contributed by atoms with Gasteiger partial charge in [-0.05, 0) is 30.7 Å². The molecule has 0 unspecified atom stereocenters. The van der Waals surface area contributed by atoms with Crippen molar-refractivity contribution in [3.05, 3.63) is 112 Å². The second-order valence-corrected chi connectivity index (χ2v) is 7.04. The third kappa shape index (κ3) is 4.20. The number of aryl methyl sites for hydroxylation is 1. The van der Waals surface area contributed by atoms with Crippen LogP contribution >= 0.6 is 0 Å². The van der Waals surface area contributed by atoms with Gasteiger partial charge in [-0.2, -0.15) is 5.10 Å². The second-order valence-electron chi connectivity index (χ2n) is 7.04. The number of hydrogen-bond acceptors (Lipinski definition) is 4. The highest BCUT2D eigenvalue weighted by Crippen LogP contribution is 2.12. The summed E-state index contributed by atoms with van der Waals surface area (Å²) in [6, 6.07) is 25.5. The molecule has 4 aromatic rings. The molecule has 0 atom stereocenters. The van der Waals surface area contributed by atoms with E-state index in [4.69, 9.17) is 0 Å². The zero-order chi connectivity index (χ0) is 20.9. The van der Waals surface area contributed by atoms with Gasteiger partial charge in [0.2, 0.25) is 5.95 Å². The number of allylic oxidation sites excluding steroid dienone is 1. The van der Waals surface area contributed by atoms with Crippen LogP contribution in [0.15, 0.2) is 94.8 Å². The van der Waals surface area contributed by atoms with Gasteiger partial charge in [0.05, 0.1) is 16.6 Å². The van der Waals surface area contributed by atoms with Crippen molar-refractivity contribution < 1.29 is 0 Å². The van der Waals surface area contributed by atoms with Crippen molar-refractivity contribution >= 4 is 28.6 Å². The fourth-order valence-corrected chi connectivity index (χ4v) is 3.09. The maximum Gasteiger partial charge on any atom is 0.262 e. The summed E-state index contributed by atoms with van der Waals surface area (Å²) in [5.41, 5.74) is 7.49. The number of rotatable bonds is 5. The molecule has 1 aromatic heterocycles. The molecule has 5 nitrogen and oxygen atoms in total. The highest BCUT2D eigenvalue weighted by Gasteiger charge is 2.07.